The number of hydrogen-bond acceptors (Lipinski definition) is 2. The molecule has 13 heavy (non-hydrogen) atoms. The Kier molecular flexibility index (Phi) is 2.89. The average molecular weight is 183 g/mol. The van der Waals surface area contributed by atoms with E-state index in [2.05, 4.69) is 6.92 Å². The largest absolute Gasteiger partial charge is 0.376 e. The van der Waals surface area contributed by atoms with Crippen LogP contribution in [-0.2, 0) is 4.74 Å². The fourth-order valence-corrected chi connectivity index (χ4v) is 2.51. The summed E-state index contributed by atoms with van der Waals surface area (Å²) in [6.07, 6.45) is 6.95. The molecule has 76 valence electrons. The van der Waals surface area contributed by atoms with Crippen molar-refractivity contribution >= 4 is 0 Å². The van der Waals surface area contributed by atoms with Crippen molar-refractivity contribution in [3.63, 3.8) is 0 Å². The Labute approximate surface area is 80.8 Å². The van der Waals surface area contributed by atoms with Crippen LogP contribution in [0.4, 0.5) is 0 Å². The van der Waals surface area contributed by atoms with E-state index in [1.807, 2.05) is 0 Å². The summed E-state index contributed by atoms with van der Waals surface area (Å²) < 4.78 is 5.67. The monoisotopic (exact) mass is 183 g/mol. The van der Waals surface area contributed by atoms with Crippen LogP contribution in [0.5, 0.6) is 0 Å². The number of rotatable bonds is 3. The molecule has 0 aromatic carbocycles. The van der Waals surface area contributed by atoms with E-state index in [0.717, 1.165) is 12.5 Å². The number of ether oxygens (including phenoxy) is 1. The van der Waals surface area contributed by atoms with Crippen LogP contribution in [-0.4, -0.2) is 18.8 Å². The minimum Gasteiger partial charge on any atom is -0.376 e. The maximum absolute atomic E-state index is 6.15. The van der Waals surface area contributed by atoms with Gasteiger partial charge < -0.3 is 10.5 Å². The minimum atomic E-state index is 0.294. The second kappa shape index (κ2) is 3.97. The molecule has 2 nitrogen and oxygen atoms in total. The molecule has 0 spiro atoms. The second-order valence-corrected chi connectivity index (χ2v) is 4.80. The molecule has 0 amide bonds. The quantitative estimate of drug-likeness (QED) is 0.725. The van der Waals surface area contributed by atoms with E-state index in [9.17, 15) is 0 Å². The van der Waals surface area contributed by atoms with Gasteiger partial charge in [-0.2, -0.15) is 0 Å². The summed E-state index contributed by atoms with van der Waals surface area (Å²) in [6.45, 7) is 3.18. The van der Waals surface area contributed by atoms with E-state index in [1.54, 1.807) is 0 Å². The van der Waals surface area contributed by atoms with Gasteiger partial charge in [0.2, 0.25) is 0 Å². The molecule has 0 aromatic rings. The third-order valence-corrected chi connectivity index (χ3v) is 3.70. The van der Waals surface area contributed by atoms with E-state index >= 15 is 0 Å². The average Bonchev–Trinajstić information content (AvgIpc) is 2.43. The first kappa shape index (κ1) is 9.47. The third-order valence-electron chi connectivity index (χ3n) is 3.70. The molecule has 1 saturated heterocycles. The standard InChI is InChI=1S/C11H21NO/c1-8-5-6-13-11(8)10(12)7-9-3-2-4-9/h8-11H,2-7,12H2,1H3. The Bertz CT molecular complexity index is 167. The van der Waals surface area contributed by atoms with Crippen LogP contribution in [0.3, 0.4) is 0 Å². The maximum atomic E-state index is 6.15. The van der Waals surface area contributed by atoms with Crippen molar-refractivity contribution in [2.75, 3.05) is 6.61 Å². The zero-order valence-electron chi connectivity index (χ0n) is 8.54. The van der Waals surface area contributed by atoms with Crippen molar-refractivity contribution in [2.24, 2.45) is 17.6 Å². The zero-order valence-corrected chi connectivity index (χ0v) is 8.54. The Morgan fingerprint density at radius 3 is 2.62 bits per heavy atom. The highest BCUT2D eigenvalue weighted by Gasteiger charge is 2.32. The Balaban J connectivity index is 1.77. The molecule has 2 heteroatoms. The summed E-state index contributed by atoms with van der Waals surface area (Å²) >= 11 is 0. The van der Waals surface area contributed by atoms with Gasteiger partial charge in [0, 0.05) is 12.6 Å². The van der Waals surface area contributed by atoms with Crippen LogP contribution < -0.4 is 5.73 Å². The molecule has 2 N–H and O–H groups in total. The predicted octanol–water partition coefficient (Wildman–Crippen LogP) is 1.93. The lowest BCUT2D eigenvalue weighted by Crippen LogP contribution is -2.40. The predicted molar refractivity (Wildman–Crippen MR) is 53.5 cm³/mol. The highest BCUT2D eigenvalue weighted by atomic mass is 16.5. The maximum Gasteiger partial charge on any atom is 0.0752 e. The first-order valence-electron chi connectivity index (χ1n) is 5.64. The molecule has 0 radical (unpaired) electrons. The molecule has 2 rings (SSSR count). The summed E-state index contributed by atoms with van der Waals surface area (Å²) in [5.41, 5.74) is 6.15. The SMILES string of the molecule is CC1CCOC1C(N)CC1CCC1. The smallest absolute Gasteiger partial charge is 0.0752 e. The third kappa shape index (κ3) is 2.05. The molecular formula is C11H21NO. The Morgan fingerprint density at radius 1 is 1.38 bits per heavy atom. The van der Waals surface area contributed by atoms with E-state index in [4.69, 9.17) is 10.5 Å². The lowest BCUT2D eigenvalue weighted by atomic mass is 9.79. The van der Waals surface area contributed by atoms with Gasteiger partial charge in [-0.3, -0.25) is 0 Å². The van der Waals surface area contributed by atoms with Crippen molar-refractivity contribution in [3.05, 3.63) is 0 Å². The minimum absolute atomic E-state index is 0.294. The van der Waals surface area contributed by atoms with Gasteiger partial charge in [-0.25, -0.2) is 0 Å². The molecule has 1 heterocycles. The molecule has 1 aliphatic heterocycles. The van der Waals surface area contributed by atoms with Gasteiger partial charge in [-0.05, 0) is 24.7 Å². The van der Waals surface area contributed by atoms with Crippen molar-refractivity contribution in [1.29, 1.82) is 0 Å². The molecule has 0 bridgehead atoms. The topological polar surface area (TPSA) is 35.2 Å². The second-order valence-electron chi connectivity index (χ2n) is 4.80. The fraction of sp³-hybridized carbons (Fsp3) is 1.00. The normalized spacial score (nSPS) is 37.4. The van der Waals surface area contributed by atoms with Gasteiger partial charge in [0.05, 0.1) is 6.10 Å². The Hall–Kier alpha value is -0.0800. The fourth-order valence-electron chi connectivity index (χ4n) is 2.51. The van der Waals surface area contributed by atoms with Crippen LogP contribution in [0.2, 0.25) is 0 Å². The van der Waals surface area contributed by atoms with Gasteiger partial charge in [0.15, 0.2) is 0 Å². The van der Waals surface area contributed by atoms with Gasteiger partial charge in [-0.1, -0.05) is 26.2 Å². The summed E-state index contributed by atoms with van der Waals surface area (Å²) in [5.74, 6) is 1.58. The van der Waals surface area contributed by atoms with Crippen molar-refractivity contribution in [2.45, 2.75) is 51.2 Å². The molecule has 2 aliphatic rings. The molecule has 3 unspecified atom stereocenters. The van der Waals surface area contributed by atoms with Crippen molar-refractivity contribution < 1.29 is 4.74 Å². The summed E-state index contributed by atoms with van der Waals surface area (Å²) in [4.78, 5) is 0. The Morgan fingerprint density at radius 2 is 2.15 bits per heavy atom. The van der Waals surface area contributed by atoms with Gasteiger partial charge >= 0.3 is 0 Å². The summed E-state index contributed by atoms with van der Waals surface area (Å²) in [6, 6.07) is 0.294. The van der Waals surface area contributed by atoms with Gasteiger partial charge in [0.25, 0.3) is 0 Å². The number of hydrogen-bond donors (Lipinski definition) is 1. The lowest BCUT2D eigenvalue weighted by Gasteiger charge is -2.31. The highest BCUT2D eigenvalue weighted by Crippen LogP contribution is 2.33. The van der Waals surface area contributed by atoms with Crippen molar-refractivity contribution in [3.8, 4) is 0 Å². The molecule has 2 fully saturated rings. The molecule has 3 atom stereocenters. The molecular weight excluding hydrogens is 162 g/mol. The van der Waals surface area contributed by atoms with Crippen LogP contribution >= 0.6 is 0 Å². The highest BCUT2D eigenvalue weighted by molar-refractivity contribution is 4.85. The summed E-state index contributed by atoms with van der Waals surface area (Å²) in [7, 11) is 0. The van der Waals surface area contributed by atoms with E-state index < -0.39 is 0 Å². The molecule has 1 aliphatic carbocycles. The summed E-state index contributed by atoms with van der Waals surface area (Å²) in [5, 5.41) is 0. The van der Waals surface area contributed by atoms with Gasteiger partial charge in [0.1, 0.15) is 0 Å². The van der Waals surface area contributed by atoms with Crippen LogP contribution in [0.1, 0.15) is 39.0 Å². The first-order chi connectivity index (χ1) is 6.27. The van der Waals surface area contributed by atoms with Crippen LogP contribution in [0.25, 0.3) is 0 Å². The van der Waals surface area contributed by atoms with E-state index in [1.165, 1.54) is 32.1 Å². The van der Waals surface area contributed by atoms with Crippen LogP contribution in [0.15, 0.2) is 0 Å². The van der Waals surface area contributed by atoms with E-state index in [0.29, 0.717) is 18.1 Å². The zero-order chi connectivity index (χ0) is 9.26. The van der Waals surface area contributed by atoms with E-state index in [-0.39, 0.29) is 0 Å². The van der Waals surface area contributed by atoms with Gasteiger partial charge in [-0.15, -0.1) is 0 Å². The van der Waals surface area contributed by atoms with Crippen molar-refractivity contribution in [1.82, 2.24) is 0 Å². The molecule has 0 aromatic heterocycles. The van der Waals surface area contributed by atoms with Crippen LogP contribution in [0, 0.1) is 11.8 Å². The lowest BCUT2D eigenvalue weighted by molar-refractivity contribution is 0.0600. The number of nitrogens with two attached hydrogens (primary N) is 1. The first-order valence-corrected chi connectivity index (χ1v) is 5.64. The molecule has 1 saturated carbocycles.